The highest BCUT2D eigenvalue weighted by atomic mass is 16.2. The van der Waals surface area contributed by atoms with E-state index in [-0.39, 0.29) is 18.2 Å². The van der Waals surface area contributed by atoms with Gasteiger partial charge in [-0.25, -0.2) is 14.6 Å². The van der Waals surface area contributed by atoms with Crippen molar-refractivity contribution < 1.29 is 9.59 Å². The van der Waals surface area contributed by atoms with E-state index in [1.807, 2.05) is 18.2 Å². The third-order valence-corrected chi connectivity index (χ3v) is 5.01. The first kappa shape index (κ1) is 18.8. The predicted octanol–water partition coefficient (Wildman–Crippen LogP) is 2.78. The van der Waals surface area contributed by atoms with Gasteiger partial charge >= 0.3 is 0 Å². The number of amides is 2. The summed E-state index contributed by atoms with van der Waals surface area (Å²) < 4.78 is 1.53. The largest absolute Gasteiger partial charge is 0.324 e. The van der Waals surface area contributed by atoms with E-state index in [0.29, 0.717) is 24.0 Å². The van der Waals surface area contributed by atoms with Gasteiger partial charge in [-0.3, -0.25) is 9.59 Å². The highest BCUT2D eigenvalue weighted by molar-refractivity contribution is 6.03. The number of anilines is 2. The Kier molecular flexibility index (Phi) is 5.07. The molecular weight excluding hydrogens is 368 g/mol. The van der Waals surface area contributed by atoms with E-state index >= 15 is 0 Å². The van der Waals surface area contributed by atoms with Crippen LogP contribution in [0.3, 0.4) is 0 Å². The summed E-state index contributed by atoms with van der Waals surface area (Å²) in [6, 6.07) is 11.4. The second-order valence-electron chi connectivity index (χ2n) is 7.39. The maximum absolute atomic E-state index is 12.7. The number of carbonyl (C=O) groups is 2. The first-order valence-electron chi connectivity index (χ1n) is 9.53. The van der Waals surface area contributed by atoms with E-state index in [1.54, 1.807) is 29.6 Å². The fourth-order valence-electron chi connectivity index (χ4n) is 3.35. The van der Waals surface area contributed by atoms with Crippen LogP contribution in [0.4, 0.5) is 11.4 Å². The molecule has 148 valence electrons. The van der Waals surface area contributed by atoms with Gasteiger partial charge in [0.1, 0.15) is 12.7 Å². The summed E-state index contributed by atoms with van der Waals surface area (Å²) in [6.45, 7) is 4.60. The molecule has 0 spiro atoms. The molecule has 2 amide bonds. The number of benzene rings is 1. The molecular formula is C21H22N6O2. The first-order valence-corrected chi connectivity index (χ1v) is 9.53. The summed E-state index contributed by atoms with van der Waals surface area (Å²) >= 11 is 0. The van der Waals surface area contributed by atoms with E-state index < -0.39 is 5.92 Å². The van der Waals surface area contributed by atoms with Gasteiger partial charge in [0.05, 0.1) is 17.8 Å². The molecule has 0 bridgehead atoms. The molecule has 2 aromatic heterocycles. The number of carbonyl (C=O) groups excluding carboxylic acids is 2. The molecule has 1 N–H and O–H groups in total. The molecule has 3 heterocycles. The molecule has 3 aromatic rings. The van der Waals surface area contributed by atoms with E-state index in [0.717, 1.165) is 5.69 Å². The van der Waals surface area contributed by atoms with Crippen molar-refractivity contribution in [3.05, 3.63) is 60.8 Å². The zero-order chi connectivity index (χ0) is 20.4. The van der Waals surface area contributed by atoms with Crippen LogP contribution in [0, 0.1) is 5.92 Å². The van der Waals surface area contributed by atoms with E-state index in [9.17, 15) is 9.59 Å². The second-order valence-corrected chi connectivity index (χ2v) is 7.39. The lowest BCUT2D eigenvalue weighted by molar-refractivity contribution is -0.122. The normalized spacial score (nSPS) is 16.4. The Morgan fingerprint density at radius 2 is 2.10 bits per heavy atom. The van der Waals surface area contributed by atoms with Crippen molar-refractivity contribution in [2.45, 2.75) is 26.2 Å². The molecule has 0 saturated carbocycles. The van der Waals surface area contributed by atoms with Crippen LogP contribution in [0.2, 0.25) is 0 Å². The number of hydrogen-bond donors (Lipinski definition) is 1. The van der Waals surface area contributed by atoms with Crippen molar-refractivity contribution in [3.8, 4) is 5.82 Å². The summed E-state index contributed by atoms with van der Waals surface area (Å²) in [7, 11) is 0. The molecule has 1 aromatic carbocycles. The summed E-state index contributed by atoms with van der Waals surface area (Å²) in [5, 5.41) is 6.87. The maximum atomic E-state index is 12.7. The van der Waals surface area contributed by atoms with Crippen molar-refractivity contribution >= 4 is 23.2 Å². The Morgan fingerprint density at radius 1 is 1.24 bits per heavy atom. The Bertz CT molecular complexity index is 1010. The minimum atomic E-state index is -0.403. The first-order chi connectivity index (χ1) is 14.0. The third-order valence-electron chi connectivity index (χ3n) is 5.01. The van der Waals surface area contributed by atoms with E-state index in [1.165, 1.54) is 16.6 Å². The number of pyridine rings is 1. The second kappa shape index (κ2) is 7.83. The Hall–Kier alpha value is -3.55. The number of aromatic nitrogens is 4. The SMILES string of the molecule is CC(C)c1cccc(N2CC(C(=O)Nc3ccc(-n4cncn4)nc3)CC2=O)c1. The fraction of sp³-hybridized carbons (Fsp3) is 0.286. The lowest BCUT2D eigenvalue weighted by Gasteiger charge is -2.18. The van der Waals surface area contributed by atoms with Crippen molar-refractivity contribution in [2.75, 3.05) is 16.8 Å². The summed E-state index contributed by atoms with van der Waals surface area (Å²) in [4.78, 5) is 35.0. The minimum Gasteiger partial charge on any atom is -0.324 e. The molecule has 1 aliphatic heterocycles. The van der Waals surface area contributed by atoms with Crippen molar-refractivity contribution in [3.63, 3.8) is 0 Å². The van der Waals surface area contributed by atoms with Gasteiger partial charge in [0, 0.05) is 18.7 Å². The number of nitrogens with zero attached hydrogens (tertiary/aromatic N) is 5. The minimum absolute atomic E-state index is 0.0364. The fourth-order valence-corrected chi connectivity index (χ4v) is 3.35. The van der Waals surface area contributed by atoms with Gasteiger partial charge in [-0.2, -0.15) is 5.10 Å². The van der Waals surface area contributed by atoms with Gasteiger partial charge in [0.15, 0.2) is 5.82 Å². The molecule has 1 unspecified atom stereocenters. The standard InChI is InChI=1S/C21H22N6O2/c1-14(2)15-4-3-5-18(8-15)26-11-16(9-20(26)28)21(29)25-17-6-7-19(23-10-17)27-13-22-12-24-27/h3-8,10,12-14,16H,9,11H2,1-2H3,(H,25,29). The maximum Gasteiger partial charge on any atom is 0.229 e. The molecule has 8 heteroatoms. The van der Waals surface area contributed by atoms with Crippen LogP contribution in [0.25, 0.3) is 5.82 Å². The highest BCUT2D eigenvalue weighted by Crippen LogP contribution is 2.28. The lowest BCUT2D eigenvalue weighted by atomic mass is 10.0. The van der Waals surface area contributed by atoms with Crippen LogP contribution in [0.1, 0.15) is 31.7 Å². The Labute approximate surface area is 168 Å². The number of rotatable bonds is 5. The highest BCUT2D eigenvalue weighted by Gasteiger charge is 2.35. The Balaban J connectivity index is 1.42. The van der Waals surface area contributed by atoms with E-state index in [2.05, 4.69) is 40.3 Å². The topological polar surface area (TPSA) is 93.0 Å². The van der Waals surface area contributed by atoms with Crippen LogP contribution in [0.15, 0.2) is 55.2 Å². The molecule has 1 atom stereocenters. The van der Waals surface area contributed by atoms with Gasteiger partial charge in [-0.1, -0.05) is 26.0 Å². The monoisotopic (exact) mass is 390 g/mol. The van der Waals surface area contributed by atoms with E-state index in [4.69, 9.17) is 0 Å². The van der Waals surface area contributed by atoms with Crippen molar-refractivity contribution in [2.24, 2.45) is 5.92 Å². The van der Waals surface area contributed by atoms with Crippen LogP contribution in [-0.4, -0.2) is 38.1 Å². The van der Waals surface area contributed by atoms with Gasteiger partial charge in [-0.05, 0) is 35.7 Å². The molecule has 8 nitrogen and oxygen atoms in total. The van der Waals surface area contributed by atoms with Crippen molar-refractivity contribution in [1.82, 2.24) is 19.7 Å². The summed E-state index contributed by atoms with van der Waals surface area (Å²) in [5.41, 5.74) is 2.59. The molecule has 1 fully saturated rings. The molecule has 4 rings (SSSR count). The van der Waals surface area contributed by atoms with Crippen LogP contribution in [-0.2, 0) is 9.59 Å². The zero-order valence-corrected chi connectivity index (χ0v) is 16.3. The number of hydrogen-bond acceptors (Lipinski definition) is 5. The van der Waals surface area contributed by atoms with Gasteiger partial charge in [0.2, 0.25) is 11.8 Å². The van der Waals surface area contributed by atoms with Crippen LogP contribution >= 0.6 is 0 Å². The zero-order valence-electron chi connectivity index (χ0n) is 16.3. The quantitative estimate of drug-likeness (QED) is 0.723. The van der Waals surface area contributed by atoms with Gasteiger partial charge in [-0.15, -0.1) is 0 Å². The van der Waals surface area contributed by atoms with Gasteiger partial charge in [0.25, 0.3) is 0 Å². The summed E-state index contributed by atoms with van der Waals surface area (Å²) in [5.74, 6) is 0.356. The molecule has 29 heavy (non-hydrogen) atoms. The van der Waals surface area contributed by atoms with Crippen molar-refractivity contribution in [1.29, 1.82) is 0 Å². The molecule has 0 radical (unpaired) electrons. The molecule has 1 aliphatic rings. The summed E-state index contributed by atoms with van der Waals surface area (Å²) in [6.07, 6.45) is 4.74. The van der Waals surface area contributed by atoms with Gasteiger partial charge < -0.3 is 10.2 Å². The molecule has 0 aliphatic carbocycles. The van der Waals surface area contributed by atoms with Crippen LogP contribution in [0.5, 0.6) is 0 Å². The van der Waals surface area contributed by atoms with Crippen LogP contribution < -0.4 is 10.2 Å². The average molecular weight is 390 g/mol. The smallest absolute Gasteiger partial charge is 0.229 e. The third kappa shape index (κ3) is 4.01. The number of nitrogens with one attached hydrogen (secondary N) is 1. The molecule has 1 saturated heterocycles. The average Bonchev–Trinajstić information content (AvgIpc) is 3.39. The lowest BCUT2D eigenvalue weighted by Crippen LogP contribution is -2.28. The Morgan fingerprint density at radius 3 is 2.79 bits per heavy atom. The predicted molar refractivity (Wildman–Crippen MR) is 109 cm³/mol.